The highest BCUT2D eigenvalue weighted by atomic mass is 127. The quantitative estimate of drug-likeness (QED) is 0.388. The monoisotopic (exact) mass is 412 g/mol. The molecule has 3 N–H and O–H groups in total. The van der Waals surface area contributed by atoms with Crippen LogP contribution in [-0.2, 0) is 6.42 Å². The smallest absolute Gasteiger partial charge is 0.190 e. The van der Waals surface area contributed by atoms with Crippen molar-refractivity contribution in [1.29, 1.82) is 0 Å². The lowest BCUT2D eigenvalue weighted by Crippen LogP contribution is -2.38. The SMILES string of the molecule is CN=C(NCCc1c[nH]c2ccccc12)NCCC1CC1.I. The molecule has 0 radical (unpaired) electrons. The normalized spacial score (nSPS) is 14.7. The number of aliphatic imine (C=N–C) groups is 1. The maximum Gasteiger partial charge on any atom is 0.190 e. The summed E-state index contributed by atoms with van der Waals surface area (Å²) in [6.07, 6.45) is 7.19. The number of fused-ring (bicyclic) bond motifs is 1. The van der Waals surface area contributed by atoms with E-state index in [4.69, 9.17) is 0 Å². The van der Waals surface area contributed by atoms with Gasteiger partial charge in [0.05, 0.1) is 0 Å². The Hall–Kier alpha value is -1.24. The van der Waals surface area contributed by atoms with Crippen LogP contribution in [0.3, 0.4) is 0 Å². The van der Waals surface area contributed by atoms with Crippen LogP contribution in [0.4, 0.5) is 0 Å². The Kier molecular flexibility index (Phi) is 6.54. The number of nitrogens with zero attached hydrogens (tertiary/aromatic N) is 1. The van der Waals surface area contributed by atoms with Crippen molar-refractivity contribution in [2.75, 3.05) is 20.1 Å². The van der Waals surface area contributed by atoms with Gasteiger partial charge in [0.25, 0.3) is 0 Å². The maximum atomic E-state index is 4.27. The molecule has 4 nitrogen and oxygen atoms in total. The van der Waals surface area contributed by atoms with Crippen molar-refractivity contribution in [3.8, 4) is 0 Å². The van der Waals surface area contributed by atoms with Crippen LogP contribution in [0, 0.1) is 5.92 Å². The first-order chi connectivity index (χ1) is 10.4. The van der Waals surface area contributed by atoms with Gasteiger partial charge in [-0.3, -0.25) is 4.99 Å². The van der Waals surface area contributed by atoms with Crippen molar-refractivity contribution in [3.05, 3.63) is 36.0 Å². The first kappa shape index (κ1) is 17.1. The van der Waals surface area contributed by atoms with Crippen LogP contribution in [-0.4, -0.2) is 31.1 Å². The standard InChI is InChI=1S/C17H24N4.HI/c1-18-17(19-10-8-13-6-7-13)20-11-9-14-12-21-16-5-3-2-4-15(14)16;/h2-5,12-13,21H,6-11H2,1H3,(H2,18,19,20);1H. The van der Waals surface area contributed by atoms with Gasteiger partial charge in [0.2, 0.25) is 0 Å². The highest BCUT2D eigenvalue weighted by Crippen LogP contribution is 2.31. The van der Waals surface area contributed by atoms with Crippen LogP contribution in [0.5, 0.6) is 0 Å². The Morgan fingerprint density at radius 2 is 2.00 bits per heavy atom. The maximum absolute atomic E-state index is 4.27. The van der Waals surface area contributed by atoms with Crippen molar-refractivity contribution < 1.29 is 0 Å². The van der Waals surface area contributed by atoms with Crippen molar-refractivity contribution in [1.82, 2.24) is 15.6 Å². The lowest BCUT2D eigenvalue weighted by atomic mass is 10.1. The summed E-state index contributed by atoms with van der Waals surface area (Å²) in [6, 6.07) is 8.44. The van der Waals surface area contributed by atoms with Gasteiger partial charge in [0.15, 0.2) is 5.96 Å². The first-order valence-corrected chi connectivity index (χ1v) is 7.86. The predicted octanol–water partition coefficient (Wildman–Crippen LogP) is 3.29. The van der Waals surface area contributed by atoms with Gasteiger partial charge in [-0.25, -0.2) is 0 Å². The van der Waals surface area contributed by atoms with E-state index in [9.17, 15) is 0 Å². The van der Waals surface area contributed by atoms with E-state index in [1.807, 2.05) is 7.05 Å². The fourth-order valence-corrected chi connectivity index (χ4v) is 2.68. The van der Waals surface area contributed by atoms with E-state index in [2.05, 4.69) is 51.1 Å². The molecule has 1 aliphatic carbocycles. The first-order valence-electron chi connectivity index (χ1n) is 7.86. The second-order valence-electron chi connectivity index (χ2n) is 5.77. The van der Waals surface area contributed by atoms with Crippen molar-refractivity contribution >= 4 is 40.8 Å². The molecule has 1 aromatic carbocycles. The van der Waals surface area contributed by atoms with Gasteiger partial charge in [-0.05, 0) is 30.4 Å². The molecule has 1 fully saturated rings. The Morgan fingerprint density at radius 1 is 1.23 bits per heavy atom. The fraction of sp³-hybridized carbons (Fsp3) is 0.471. The van der Waals surface area contributed by atoms with Crippen LogP contribution in [0.2, 0.25) is 0 Å². The molecule has 5 heteroatoms. The number of H-pyrrole nitrogens is 1. The number of hydrogen-bond acceptors (Lipinski definition) is 1. The molecular formula is C17H25IN4. The van der Waals surface area contributed by atoms with Gasteiger partial charge in [-0.1, -0.05) is 31.0 Å². The van der Waals surface area contributed by atoms with Crippen LogP contribution >= 0.6 is 24.0 Å². The summed E-state index contributed by atoms with van der Waals surface area (Å²) in [4.78, 5) is 7.59. The lowest BCUT2D eigenvalue weighted by molar-refractivity contribution is 0.684. The molecule has 0 amide bonds. The third kappa shape index (κ3) is 4.63. The van der Waals surface area contributed by atoms with Crippen LogP contribution in [0.25, 0.3) is 10.9 Å². The Morgan fingerprint density at radius 3 is 2.77 bits per heavy atom. The molecule has 1 aromatic heterocycles. The van der Waals surface area contributed by atoms with Crippen LogP contribution in [0.15, 0.2) is 35.5 Å². The van der Waals surface area contributed by atoms with Gasteiger partial charge >= 0.3 is 0 Å². The summed E-state index contributed by atoms with van der Waals surface area (Å²) in [5.74, 6) is 1.87. The van der Waals surface area contributed by atoms with E-state index in [-0.39, 0.29) is 24.0 Å². The number of halogens is 1. The second-order valence-corrected chi connectivity index (χ2v) is 5.77. The molecule has 120 valence electrons. The van der Waals surface area contributed by atoms with Crippen LogP contribution < -0.4 is 10.6 Å². The highest BCUT2D eigenvalue weighted by Gasteiger charge is 2.20. The molecule has 1 aliphatic rings. The molecule has 2 aromatic rings. The highest BCUT2D eigenvalue weighted by molar-refractivity contribution is 14.0. The zero-order chi connectivity index (χ0) is 14.5. The van der Waals surface area contributed by atoms with E-state index < -0.39 is 0 Å². The topological polar surface area (TPSA) is 52.2 Å². The molecule has 0 unspecified atom stereocenters. The summed E-state index contributed by atoms with van der Waals surface area (Å²) >= 11 is 0. The van der Waals surface area contributed by atoms with E-state index >= 15 is 0 Å². The van der Waals surface area contributed by atoms with Gasteiger partial charge in [0.1, 0.15) is 0 Å². The van der Waals surface area contributed by atoms with E-state index in [1.54, 1.807) is 0 Å². The van der Waals surface area contributed by atoms with Gasteiger partial charge in [0, 0.05) is 37.2 Å². The van der Waals surface area contributed by atoms with E-state index in [0.29, 0.717) is 0 Å². The third-order valence-electron chi connectivity index (χ3n) is 4.13. The average molecular weight is 412 g/mol. The van der Waals surface area contributed by atoms with Crippen molar-refractivity contribution in [2.24, 2.45) is 10.9 Å². The van der Waals surface area contributed by atoms with E-state index in [1.165, 1.54) is 35.7 Å². The fourth-order valence-electron chi connectivity index (χ4n) is 2.68. The number of nitrogens with one attached hydrogen (secondary N) is 3. The molecular weight excluding hydrogens is 387 g/mol. The molecule has 0 bridgehead atoms. The molecule has 0 atom stereocenters. The zero-order valence-corrected chi connectivity index (χ0v) is 15.4. The molecule has 22 heavy (non-hydrogen) atoms. The van der Waals surface area contributed by atoms with Crippen LogP contribution in [0.1, 0.15) is 24.8 Å². The summed E-state index contributed by atoms with van der Waals surface area (Å²) in [6.45, 7) is 1.92. The summed E-state index contributed by atoms with van der Waals surface area (Å²) in [7, 11) is 1.83. The second kappa shape index (κ2) is 8.41. The molecule has 1 saturated carbocycles. The largest absolute Gasteiger partial charge is 0.361 e. The van der Waals surface area contributed by atoms with Gasteiger partial charge in [-0.2, -0.15) is 0 Å². The number of aromatic nitrogens is 1. The minimum atomic E-state index is 0. The number of rotatable bonds is 6. The summed E-state index contributed by atoms with van der Waals surface area (Å²) in [5.41, 5.74) is 2.56. The zero-order valence-electron chi connectivity index (χ0n) is 13.1. The van der Waals surface area contributed by atoms with Gasteiger partial charge < -0.3 is 15.6 Å². The van der Waals surface area contributed by atoms with Crippen molar-refractivity contribution in [3.63, 3.8) is 0 Å². The molecule has 0 spiro atoms. The van der Waals surface area contributed by atoms with Crippen molar-refractivity contribution in [2.45, 2.75) is 25.7 Å². The molecule has 0 aliphatic heterocycles. The summed E-state index contributed by atoms with van der Waals surface area (Å²) in [5, 5.41) is 8.10. The Balaban J connectivity index is 0.00000176. The number of hydrogen-bond donors (Lipinski definition) is 3. The lowest BCUT2D eigenvalue weighted by Gasteiger charge is -2.11. The summed E-state index contributed by atoms with van der Waals surface area (Å²) < 4.78 is 0. The predicted molar refractivity (Wildman–Crippen MR) is 104 cm³/mol. The number of benzene rings is 1. The minimum Gasteiger partial charge on any atom is -0.361 e. The Bertz CT molecular complexity index is 616. The Labute approximate surface area is 149 Å². The minimum absolute atomic E-state index is 0. The number of aromatic amines is 1. The van der Waals surface area contributed by atoms with E-state index in [0.717, 1.165) is 31.4 Å². The number of para-hydroxylation sites is 1. The molecule has 3 rings (SSSR count). The van der Waals surface area contributed by atoms with Gasteiger partial charge in [-0.15, -0.1) is 24.0 Å². The molecule has 0 saturated heterocycles. The average Bonchev–Trinajstić information content (AvgIpc) is 3.25. The third-order valence-corrected chi connectivity index (χ3v) is 4.13. The number of guanidine groups is 1. The molecule has 1 heterocycles.